The van der Waals surface area contributed by atoms with E-state index in [1.807, 2.05) is 78.9 Å². The summed E-state index contributed by atoms with van der Waals surface area (Å²) in [5.41, 5.74) is 8.59. The molecule has 1 fully saturated rings. The number of carbonyl (C=O) groups is 3. The lowest BCUT2D eigenvalue weighted by atomic mass is 10.00. The lowest BCUT2D eigenvalue weighted by Crippen LogP contribution is -2.71. The molecule has 0 spiro atoms. The van der Waals surface area contributed by atoms with Crippen LogP contribution < -0.4 is 11.1 Å². The third-order valence-electron chi connectivity index (χ3n) is 7.22. The summed E-state index contributed by atoms with van der Waals surface area (Å²) < 4.78 is 10.3. The van der Waals surface area contributed by atoms with Crippen LogP contribution in [0.25, 0.3) is 6.08 Å². The fourth-order valence-corrected chi connectivity index (χ4v) is 6.79. The Kier molecular flexibility index (Phi) is 9.69. The summed E-state index contributed by atoms with van der Waals surface area (Å²) >= 11 is 2.31. The number of rotatable bonds is 11. The summed E-state index contributed by atoms with van der Waals surface area (Å²) in [5.74, 6) is -1.50. The average Bonchev–Trinajstić information content (AvgIpc) is 3.54. The first kappa shape index (κ1) is 31.6. The third kappa shape index (κ3) is 6.93. The van der Waals surface area contributed by atoms with E-state index in [-0.39, 0.29) is 29.0 Å². The van der Waals surface area contributed by atoms with Crippen molar-refractivity contribution in [2.24, 2.45) is 5.16 Å². The van der Waals surface area contributed by atoms with Crippen molar-refractivity contribution in [3.05, 3.63) is 125 Å². The Bertz CT molecular complexity index is 1810. The topological polar surface area (TPSA) is 162 Å². The summed E-state index contributed by atoms with van der Waals surface area (Å²) in [6.07, 6.45) is 6.26. The Balaban J connectivity index is 1.30. The number of aromatic nitrogens is 3. The number of amides is 2. The number of nitrogens with zero attached hydrogens (tertiary/aromatic N) is 5. The minimum Gasteiger partial charge on any atom is -0.448 e. The first-order valence-corrected chi connectivity index (χ1v) is 16.4. The van der Waals surface area contributed by atoms with Crippen LogP contribution in [0.15, 0.2) is 108 Å². The molecule has 47 heavy (non-hydrogen) atoms. The molecule has 3 N–H and O–H groups in total. The van der Waals surface area contributed by atoms with Gasteiger partial charge in [0.15, 0.2) is 11.2 Å². The molecule has 2 amide bonds. The fraction of sp³-hybridized carbons (Fsp3) is 0.182. The van der Waals surface area contributed by atoms with E-state index in [1.165, 1.54) is 16.7 Å². The second-order valence-electron chi connectivity index (χ2n) is 10.3. The van der Waals surface area contributed by atoms with Gasteiger partial charge in [-0.05, 0) is 35.3 Å². The maximum atomic E-state index is 14.2. The summed E-state index contributed by atoms with van der Waals surface area (Å²) in [5, 5.41) is 6.16. The van der Waals surface area contributed by atoms with Crippen molar-refractivity contribution < 1.29 is 24.0 Å². The Hall–Kier alpha value is -5.34. The highest BCUT2D eigenvalue weighted by Gasteiger charge is 2.54. The average molecular weight is 668 g/mol. The second-order valence-corrected chi connectivity index (χ2v) is 12.2. The first-order valence-electron chi connectivity index (χ1n) is 14.6. The molecule has 1 unspecified atom stereocenters. The van der Waals surface area contributed by atoms with Gasteiger partial charge in [0.25, 0.3) is 11.8 Å². The van der Waals surface area contributed by atoms with Crippen molar-refractivity contribution in [1.29, 1.82) is 0 Å². The first-order chi connectivity index (χ1) is 22.9. The number of hydrogen-bond acceptors (Lipinski definition) is 12. The van der Waals surface area contributed by atoms with Crippen LogP contribution >= 0.6 is 23.3 Å². The summed E-state index contributed by atoms with van der Waals surface area (Å²) in [4.78, 5) is 56.0. The molecular weight excluding hydrogens is 639 g/mol. The molecule has 14 heteroatoms. The summed E-state index contributed by atoms with van der Waals surface area (Å²) in [6, 6.07) is 21.5. The fourth-order valence-electron chi connectivity index (χ4n) is 5.03. The van der Waals surface area contributed by atoms with E-state index in [2.05, 4.69) is 24.8 Å². The number of pyridine rings is 1. The third-order valence-corrected chi connectivity index (χ3v) is 9.07. The number of esters is 1. The number of nitrogens with one attached hydrogen (secondary N) is 1. The lowest BCUT2D eigenvalue weighted by Gasteiger charge is -2.49. The molecule has 2 aromatic heterocycles. The maximum absolute atomic E-state index is 14.2. The minimum absolute atomic E-state index is 0.0155. The molecule has 0 bridgehead atoms. The van der Waals surface area contributed by atoms with Gasteiger partial charge < -0.3 is 20.6 Å². The number of thioether (sulfide) groups is 1. The molecule has 2 atom stereocenters. The molecule has 12 nitrogen and oxygen atoms in total. The number of fused-ring (bicyclic) bond motifs is 1. The Morgan fingerprint density at radius 3 is 2.43 bits per heavy atom. The van der Waals surface area contributed by atoms with Crippen molar-refractivity contribution in [2.45, 2.75) is 24.4 Å². The predicted octanol–water partition coefficient (Wildman–Crippen LogP) is 3.96. The van der Waals surface area contributed by atoms with Crippen LogP contribution in [-0.4, -0.2) is 66.5 Å². The number of allylic oxidation sites excluding steroid dienone is 1. The van der Waals surface area contributed by atoms with Crippen molar-refractivity contribution in [3.8, 4) is 0 Å². The number of carbonyl (C=O) groups excluding carboxylic acids is 3. The van der Waals surface area contributed by atoms with Gasteiger partial charge in [0, 0.05) is 29.7 Å². The lowest BCUT2D eigenvalue weighted by molar-refractivity contribution is -0.154. The van der Waals surface area contributed by atoms with Crippen molar-refractivity contribution in [2.75, 3.05) is 18.1 Å². The van der Waals surface area contributed by atoms with Gasteiger partial charge in [-0.1, -0.05) is 84.0 Å². The van der Waals surface area contributed by atoms with E-state index in [1.54, 1.807) is 25.4 Å². The van der Waals surface area contributed by atoms with Gasteiger partial charge in [0.1, 0.15) is 23.7 Å². The van der Waals surface area contributed by atoms with Crippen molar-refractivity contribution >= 4 is 58.0 Å². The molecule has 238 valence electrons. The van der Waals surface area contributed by atoms with Crippen molar-refractivity contribution in [3.63, 3.8) is 0 Å². The number of nitrogens with two attached hydrogens (primary N) is 1. The van der Waals surface area contributed by atoms with Crippen LogP contribution in [0.1, 0.15) is 35.5 Å². The molecule has 2 aliphatic rings. The molecule has 2 aromatic carbocycles. The Labute approximate surface area is 278 Å². The van der Waals surface area contributed by atoms with Crippen LogP contribution in [0.2, 0.25) is 0 Å². The second kappa shape index (κ2) is 14.4. The van der Waals surface area contributed by atoms with Crippen LogP contribution in [0, 0.1) is 0 Å². The zero-order chi connectivity index (χ0) is 32.8. The number of benzene rings is 2. The highest BCUT2D eigenvalue weighted by Crippen LogP contribution is 2.42. The quantitative estimate of drug-likeness (QED) is 0.104. The number of ether oxygens (including phenoxy) is 1. The highest BCUT2D eigenvalue weighted by molar-refractivity contribution is 8.00. The molecular formula is C33H29N7O5S2. The highest BCUT2D eigenvalue weighted by atomic mass is 32.2. The molecule has 0 aliphatic carbocycles. The van der Waals surface area contributed by atoms with E-state index in [0.717, 1.165) is 28.2 Å². The Morgan fingerprint density at radius 2 is 1.81 bits per heavy atom. The molecule has 4 heterocycles. The maximum Gasteiger partial charge on any atom is 0.356 e. The molecule has 2 aliphatic heterocycles. The van der Waals surface area contributed by atoms with E-state index in [0.29, 0.717) is 11.3 Å². The van der Waals surface area contributed by atoms with Crippen LogP contribution in [0.3, 0.4) is 0 Å². The summed E-state index contributed by atoms with van der Waals surface area (Å²) in [7, 11) is 0. The number of hydrogen-bond donors (Lipinski definition) is 2. The zero-order valence-corrected chi connectivity index (χ0v) is 26.7. The van der Waals surface area contributed by atoms with Gasteiger partial charge in [-0.3, -0.25) is 19.5 Å². The number of β-lactam (4-membered cyclic amide) rings is 1. The van der Waals surface area contributed by atoms with Crippen LogP contribution in [0.5, 0.6) is 0 Å². The molecule has 6 rings (SSSR count). The van der Waals surface area contributed by atoms with Gasteiger partial charge in [0.05, 0.1) is 0 Å². The van der Waals surface area contributed by atoms with E-state index in [9.17, 15) is 14.4 Å². The largest absolute Gasteiger partial charge is 0.448 e. The number of oxime groups is 1. The van der Waals surface area contributed by atoms with E-state index >= 15 is 0 Å². The SMILES string of the molecule is CCON=C(C(=O)NC1C(=O)N2C(C(=O)OC(c3ccccc3)c3ccccc3)=C(C=Cc3cccnc3)CS[C@H]12)c1nsc(N)n1. The van der Waals surface area contributed by atoms with Gasteiger partial charge >= 0.3 is 5.97 Å². The van der Waals surface area contributed by atoms with Crippen LogP contribution in [-0.2, 0) is 24.0 Å². The van der Waals surface area contributed by atoms with Crippen molar-refractivity contribution in [1.82, 2.24) is 24.6 Å². The van der Waals surface area contributed by atoms with Crippen LogP contribution in [0.4, 0.5) is 5.13 Å². The standard InChI is InChI=1S/C33H29N7O5S2/c1-2-44-38-24(28-37-33(34)47-39-28)29(41)36-25-30(42)40-26(23(19-46-31(25)40)16-15-20-10-9-17-35-18-20)32(43)45-27(21-11-5-3-6-12-21)22-13-7-4-8-14-22/h3-18,25,27,31H,2,19H2,1H3,(H,36,41)(H2,34,37,39)/t25?,31-/m1/s1. The monoisotopic (exact) mass is 667 g/mol. The summed E-state index contributed by atoms with van der Waals surface area (Å²) in [6.45, 7) is 1.91. The minimum atomic E-state index is -0.957. The van der Waals surface area contributed by atoms with E-state index < -0.39 is 35.3 Å². The van der Waals surface area contributed by atoms with E-state index in [4.69, 9.17) is 15.3 Å². The predicted molar refractivity (Wildman–Crippen MR) is 179 cm³/mol. The van der Waals surface area contributed by atoms with Gasteiger partial charge in [0.2, 0.25) is 11.5 Å². The number of anilines is 1. The van der Waals surface area contributed by atoms with Gasteiger partial charge in [-0.2, -0.15) is 9.36 Å². The zero-order valence-electron chi connectivity index (χ0n) is 25.1. The van der Waals surface area contributed by atoms with Gasteiger partial charge in [-0.15, -0.1) is 11.8 Å². The molecule has 0 radical (unpaired) electrons. The molecule has 4 aromatic rings. The Morgan fingerprint density at radius 1 is 1.09 bits per heavy atom. The molecule has 0 saturated carbocycles. The van der Waals surface area contributed by atoms with Gasteiger partial charge in [-0.25, -0.2) is 4.79 Å². The molecule has 1 saturated heterocycles. The normalized spacial score (nSPS) is 17.8. The smallest absolute Gasteiger partial charge is 0.356 e. The number of nitrogen functional groups attached to an aromatic ring is 1.